The average molecular weight is 329 g/mol. The molecule has 2 heterocycles. The zero-order valence-electron chi connectivity index (χ0n) is 10.0. The number of fused-ring (bicyclic) bond motifs is 1. The summed E-state index contributed by atoms with van der Waals surface area (Å²) in [6.07, 6.45) is 0. The van der Waals surface area contributed by atoms with E-state index in [2.05, 4.69) is 28.7 Å². The summed E-state index contributed by atoms with van der Waals surface area (Å²) in [6, 6.07) is 5.85. The van der Waals surface area contributed by atoms with Crippen LogP contribution in [0.1, 0.15) is 9.88 Å². The molecule has 3 rings (SSSR count). The van der Waals surface area contributed by atoms with E-state index in [-0.39, 0.29) is 0 Å². The van der Waals surface area contributed by atoms with Crippen molar-refractivity contribution in [2.75, 3.05) is 5.32 Å². The summed E-state index contributed by atoms with van der Waals surface area (Å²) >= 11 is 15.5. The van der Waals surface area contributed by atoms with E-state index in [1.807, 2.05) is 12.1 Å². The Bertz CT molecular complexity index is 733. The molecule has 0 spiro atoms. The summed E-state index contributed by atoms with van der Waals surface area (Å²) in [5.74, 6) is 0. The Morgan fingerprint density at radius 3 is 2.84 bits per heavy atom. The Morgan fingerprint density at radius 2 is 2.11 bits per heavy atom. The van der Waals surface area contributed by atoms with Gasteiger partial charge in [0.2, 0.25) is 0 Å². The van der Waals surface area contributed by atoms with Crippen LogP contribution in [0.25, 0.3) is 10.2 Å². The maximum absolute atomic E-state index is 6.16. The van der Waals surface area contributed by atoms with E-state index < -0.39 is 0 Å². The number of hydrogen-bond donors (Lipinski definition) is 1. The fourth-order valence-electron chi connectivity index (χ4n) is 1.80. The highest BCUT2D eigenvalue weighted by atomic mass is 35.5. The fraction of sp³-hybridized carbons (Fsp3) is 0.154. The number of aromatic nitrogens is 1. The number of benzene rings is 1. The van der Waals surface area contributed by atoms with Crippen LogP contribution in [0.5, 0.6) is 0 Å². The third kappa shape index (κ3) is 2.58. The van der Waals surface area contributed by atoms with Gasteiger partial charge in [-0.3, -0.25) is 0 Å². The van der Waals surface area contributed by atoms with Crippen molar-refractivity contribution < 1.29 is 0 Å². The summed E-state index contributed by atoms with van der Waals surface area (Å²) < 4.78 is 1.06. The normalized spacial score (nSPS) is 11.1. The first-order chi connectivity index (χ1) is 9.15. The molecule has 6 heteroatoms. The van der Waals surface area contributed by atoms with Crippen molar-refractivity contribution in [3.8, 4) is 0 Å². The van der Waals surface area contributed by atoms with E-state index in [4.69, 9.17) is 23.2 Å². The molecule has 0 aliphatic rings. The lowest BCUT2D eigenvalue weighted by molar-refractivity contribution is 1.12. The molecule has 0 saturated heterocycles. The summed E-state index contributed by atoms with van der Waals surface area (Å²) in [5, 5.41) is 7.55. The molecule has 0 bridgehead atoms. The van der Waals surface area contributed by atoms with Crippen LogP contribution in [-0.2, 0) is 6.54 Å². The molecule has 19 heavy (non-hydrogen) atoms. The molecule has 98 valence electrons. The number of nitrogens with zero attached hydrogens (tertiary/aromatic N) is 1. The predicted octanol–water partition coefficient (Wildman–Crippen LogP) is 5.59. The lowest BCUT2D eigenvalue weighted by atomic mass is 10.3. The van der Waals surface area contributed by atoms with Gasteiger partial charge < -0.3 is 5.32 Å². The van der Waals surface area contributed by atoms with E-state index >= 15 is 0 Å². The second-order valence-electron chi connectivity index (χ2n) is 4.06. The van der Waals surface area contributed by atoms with Gasteiger partial charge in [-0.1, -0.05) is 23.2 Å². The maximum atomic E-state index is 6.16. The molecular weight excluding hydrogens is 319 g/mol. The number of nitrogens with one attached hydrogen (secondary N) is 1. The molecule has 2 nitrogen and oxygen atoms in total. The van der Waals surface area contributed by atoms with Gasteiger partial charge in [0.15, 0.2) is 0 Å². The van der Waals surface area contributed by atoms with Crippen LogP contribution in [0.15, 0.2) is 23.6 Å². The average Bonchev–Trinajstić information content (AvgIpc) is 2.98. The second-order valence-corrected chi connectivity index (χ2v) is 7.08. The molecule has 0 fully saturated rings. The van der Waals surface area contributed by atoms with E-state index in [9.17, 15) is 0 Å². The molecule has 0 aliphatic carbocycles. The number of anilines is 1. The molecule has 0 saturated carbocycles. The zero-order chi connectivity index (χ0) is 13.4. The predicted molar refractivity (Wildman–Crippen MR) is 86.0 cm³/mol. The summed E-state index contributed by atoms with van der Waals surface area (Å²) in [5.41, 5.74) is 1.95. The Labute approximate surface area is 129 Å². The second kappa shape index (κ2) is 5.29. The summed E-state index contributed by atoms with van der Waals surface area (Å²) in [4.78, 5) is 5.83. The lowest BCUT2D eigenvalue weighted by Gasteiger charge is -2.01. The van der Waals surface area contributed by atoms with Crippen molar-refractivity contribution in [2.45, 2.75) is 13.5 Å². The van der Waals surface area contributed by atoms with Crippen molar-refractivity contribution >= 4 is 61.8 Å². The van der Waals surface area contributed by atoms with Crippen molar-refractivity contribution in [3.63, 3.8) is 0 Å². The minimum absolute atomic E-state index is 0.536. The van der Waals surface area contributed by atoms with Gasteiger partial charge in [0.1, 0.15) is 10.5 Å². The SMILES string of the molecule is Cc1sccc1NCc1nc2c(Cl)c(Cl)ccc2s1. The number of thiazole rings is 1. The van der Waals surface area contributed by atoms with Gasteiger partial charge in [-0.2, -0.15) is 0 Å². The van der Waals surface area contributed by atoms with Gasteiger partial charge >= 0.3 is 0 Å². The first kappa shape index (κ1) is 13.2. The Hall–Kier alpha value is -0.810. The molecule has 0 amide bonds. The van der Waals surface area contributed by atoms with E-state index in [0.717, 1.165) is 20.9 Å². The zero-order valence-corrected chi connectivity index (χ0v) is 13.2. The molecule has 2 aromatic heterocycles. The van der Waals surface area contributed by atoms with E-state index in [1.165, 1.54) is 4.88 Å². The number of aryl methyl sites for hydroxylation is 1. The molecule has 0 atom stereocenters. The lowest BCUT2D eigenvalue weighted by Crippen LogP contribution is -1.98. The van der Waals surface area contributed by atoms with Crippen molar-refractivity contribution in [3.05, 3.63) is 43.5 Å². The first-order valence-electron chi connectivity index (χ1n) is 5.66. The van der Waals surface area contributed by atoms with Crippen LogP contribution in [0.4, 0.5) is 5.69 Å². The molecule has 0 radical (unpaired) electrons. The smallest absolute Gasteiger partial charge is 0.113 e. The van der Waals surface area contributed by atoms with Crippen LogP contribution < -0.4 is 5.32 Å². The van der Waals surface area contributed by atoms with Crippen LogP contribution in [0, 0.1) is 6.92 Å². The fourth-order valence-corrected chi connectivity index (χ4v) is 3.80. The van der Waals surface area contributed by atoms with Gasteiger partial charge in [0.25, 0.3) is 0 Å². The molecular formula is C13H10Cl2N2S2. The summed E-state index contributed by atoms with van der Waals surface area (Å²) in [7, 11) is 0. The topological polar surface area (TPSA) is 24.9 Å². The highest BCUT2D eigenvalue weighted by Gasteiger charge is 2.10. The van der Waals surface area contributed by atoms with Gasteiger partial charge in [0.05, 0.1) is 21.3 Å². The maximum Gasteiger partial charge on any atom is 0.113 e. The number of halogens is 2. The minimum Gasteiger partial charge on any atom is -0.378 e. The largest absolute Gasteiger partial charge is 0.378 e. The third-order valence-corrected chi connectivity index (χ3v) is 5.45. The molecule has 1 N–H and O–H groups in total. The van der Waals surface area contributed by atoms with E-state index in [1.54, 1.807) is 22.7 Å². The molecule has 1 aromatic carbocycles. The number of hydrogen-bond acceptors (Lipinski definition) is 4. The first-order valence-corrected chi connectivity index (χ1v) is 8.12. The quantitative estimate of drug-likeness (QED) is 0.678. The van der Waals surface area contributed by atoms with Crippen LogP contribution >= 0.6 is 45.9 Å². The Morgan fingerprint density at radius 1 is 1.26 bits per heavy atom. The van der Waals surface area contributed by atoms with Crippen LogP contribution in [0.3, 0.4) is 0 Å². The summed E-state index contributed by atoms with van der Waals surface area (Å²) in [6.45, 7) is 2.80. The monoisotopic (exact) mass is 328 g/mol. The van der Waals surface area contributed by atoms with Gasteiger partial charge in [-0.25, -0.2) is 4.98 Å². The number of rotatable bonds is 3. The van der Waals surface area contributed by atoms with Gasteiger partial charge in [-0.15, -0.1) is 22.7 Å². The standard InChI is InChI=1S/C13H10Cl2N2S2/c1-7-9(4-5-18-7)16-6-11-17-13-10(19-11)3-2-8(14)12(13)15/h2-5,16H,6H2,1H3. The van der Waals surface area contributed by atoms with Crippen LogP contribution in [0.2, 0.25) is 10.0 Å². The third-order valence-electron chi connectivity index (χ3n) is 2.79. The highest BCUT2D eigenvalue weighted by Crippen LogP contribution is 2.33. The van der Waals surface area contributed by atoms with Crippen molar-refractivity contribution in [1.82, 2.24) is 4.98 Å². The number of thiophene rings is 1. The van der Waals surface area contributed by atoms with Crippen LogP contribution in [-0.4, -0.2) is 4.98 Å². The van der Waals surface area contributed by atoms with E-state index in [0.29, 0.717) is 16.6 Å². The van der Waals surface area contributed by atoms with Crippen molar-refractivity contribution in [2.24, 2.45) is 0 Å². The van der Waals surface area contributed by atoms with Crippen molar-refractivity contribution in [1.29, 1.82) is 0 Å². The Balaban J connectivity index is 1.86. The minimum atomic E-state index is 0.536. The molecule has 0 unspecified atom stereocenters. The molecule has 3 aromatic rings. The Kier molecular flexibility index (Phi) is 3.67. The molecule has 0 aliphatic heterocycles. The highest BCUT2D eigenvalue weighted by molar-refractivity contribution is 7.18. The van der Waals surface area contributed by atoms with Gasteiger partial charge in [0, 0.05) is 10.6 Å². The van der Waals surface area contributed by atoms with Gasteiger partial charge in [-0.05, 0) is 30.5 Å².